The van der Waals surface area contributed by atoms with Crippen LogP contribution in [0.3, 0.4) is 0 Å². The van der Waals surface area contributed by atoms with Gasteiger partial charge in [0.1, 0.15) is 5.54 Å². The van der Waals surface area contributed by atoms with Crippen LogP contribution in [0.15, 0.2) is 0 Å². The molecule has 112 valence electrons. The quantitative estimate of drug-likeness (QED) is 0.711. The van der Waals surface area contributed by atoms with Crippen LogP contribution in [-0.2, 0) is 4.79 Å². The maximum absolute atomic E-state index is 11.6. The number of nitrogens with zero attached hydrogens (tertiary/aromatic N) is 1. The molecule has 1 aliphatic rings. The predicted octanol–water partition coefficient (Wildman–Crippen LogP) is 2.34. The highest BCUT2D eigenvalue weighted by Crippen LogP contribution is 2.33. The van der Waals surface area contributed by atoms with Crippen molar-refractivity contribution >= 4 is 5.97 Å². The van der Waals surface area contributed by atoms with Gasteiger partial charge in [-0.1, -0.05) is 27.2 Å². The van der Waals surface area contributed by atoms with Gasteiger partial charge in [0.05, 0.1) is 0 Å². The number of aliphatic carboxylic acids is 1. The van der Waals surface area contributed by atoms with Crippen LogP contribution in [0.25, 0.3) is 0 Å². The van der Waals surface area contributed by atoms with Crippen LogP contribution in [0, 0.1) is 5.92 Å². The molecule has 0 aliphatic heterocycles. The Morgan fingerprint density at radius 2 is 2.21 bits per heavy atom. The Labute approximate surface area is 117 Å². The lowest BCUT2D eigenvalue weighted by atomic mass is 9.97. The summed E-state index contributed by atoms with van der Waals surface area (Å²) in [5.74, 6) is -0.00572. The normalized spacial score (nSPS) is 28.8. The number of hydrogen-bond acceptors (Lipinski definition) is 3. The second-order valence-corrected chi connectivity index (χ2v) is 6.16. The molecule has 0 amide bonds. The standard InChI is InChI=1S/C15H30N2O2/c1-5-9-16-15(14(18)19)8-7-13(10-15)17(4)11-12(3)6-2/h12-13,16H,5-11H2,1-4H3,(H,18,19). The highest BCUT2D eigenvalue weighted by molar-refractivity contribution is 5.79. The van der Waals surface area contributed by atoms with E-state index in [1.807, 2.05) is 0 Å². The molecule has 3 atom stereocenters. The van der Waals surface area contributed by atoms with Crippen molar-refractivity contribution in [3.05, 3.63) is 0 Å². The molecule has 1 rings (SSSR count). The van der Waals surface area contributed by atoms with Crippen LogP contribution in [0.2, 0.25) is 0 Å². The first-order valence-electron chi connectivity index (χ1n) is 7.63. The average molecular weight is 270 g/mol. The molecule has 4 nitrogen and oxygen atoms in total. The van der Waals surface area contributed by atoms with Gasteiger partial charge < -0.3 is 15.3 Å². The fourth-order valence-electron chi connectivity index (χ4n) is 2.96. The number of carboxylic acid groups (broad SMARTS) is 1. The lowest BCUT2D eigenvalue weighted by molar-refractivity contribution is -0.144. The van der Waals surface area contributed by atoms with Gasteiger partial charge in [-0.15, -0.1) is 0 Å². The van der Waals surface area contributed by atoms with Crippen LogP contribution >= 0.6 is 0 Å². The molecule has 0 heterocycles. The maximum atomic E-state index is 11.6. The van der Waals surface area contributed by atoms with Gasteiger partial charge in [-0.05, 0) is 45.2 Å². The summed E-state index contributed by atoms with van der Waals surface area (Å²) in [6.07, 6.45) is 4.61. The van der Waals surface area contributed by atoms with Crippen LogP contribution in [0.4, 0.5) is 0 Å². The highest BCUT2D eigenvalue weighted by Gasteiger charge is 2.46. The Hall–Kier alpha value is -0.610. The molecule has 1 fully saturated rings. The zero-order chi connectivity index (χ0) is 14.5. The van der Waals surface area contributed by atoms with E-state index in [1.165, 1.54) is 6.42 Å². The molecule has 4 heteroatoms. The number of carboxylic acids is 1. The average Bonchev–Trinajstić information content (AvgIpc) is 2.82. The van der Waals surface area contributed by atoms with Crippen molar-refractivity contribution in [1.82, 2.24) is 10.2 Å². The van der Waals surface area contributed by atoms with Crippen LogP contribution in [0.1, 0.15) is 52.9 Å². The summed E-state index contributed by atoms with van der Waals surface area (Å²) in [7, 11) is 2.13. The van der Waals surface area contributed by atoms with Gasteiger partial charge in [0.25, 0.3) is 0 Å². The highest BCUT2D eigenvalue weighted by atomic mass is 16.4. The largest absolute Gasteiger partial charge is 0.480 e. The van der Waals surface area contributed by atoms with E-state index in [0.29, 0.717) is 12.0 Å². The Kier molecular flexibility index (Phi) is 6.27. The van der Waals surface area contributed by atoms with Gasteiger partial charge in [-0.3, -0.25) is 4.79 Å². The van der Waals surface area contributed by atoms with Crippen LogP contribution in [0.5, 0.6) is 0 Å². The predicted molar refractivity (Wildman–Crippen MR) is 78.4 cm³/mol. The zero-order valence-corrected chi connectivity index (χ0v) is 12.9. The van der Waals surface area contributed by atoms with Gasteiger partial charge in [-0.2, -0.15) is 0 Å². The first-order chi connectivity index (χ1) is 8.95. The van der Waals surface area contributed by atoms with Crippen molar-refractivity contribution in [1.29, 1.82) is 0 Å². The lowest BCUT2D eigenvalue weighted by Gasteiger charge is -2.30. The monoisotopic (exact) mass is 270 g/mol. The van der Waals surface area contributed by atoms with Gasteiger partial charge in [0.2, 0.25) is 0 Å². The molecular weight excluding hydrogens is 240 g/mol. The smallest absolute Gasteiger partial charge is 0.323 e. The van der Waals surface area contributed by atoms with Crippen molar-refractivity contribution in [2.45, 2.75) is 64.5 Å². The Morgan fingerprint density at radius 1 is 1.53 bits per heavy atom. The third-order valence-corrected chi connectivity index (χ3v) is 4.53. The first kappa shape index (κ1) is 16.4. The third-order valence-electron chi connectivity index (χ3n) is 4.53. The van der Waals surface area contributed by atoms with Crippen molar-refractivity contribution in [3.63, 3.8) is 0 Å². The van der Waals surface area contributed by atoms with E-state index in [2.05, 4.69) is 38.0 Å². The van der Waals surface area contributed by atoms with E-state index in [1.54, 1.807) is 0 Å². The van der Waals surface area contributed by atoms with Gasteiger partial charge >= 0.3 is 5.97 Å². The first-order valence-corrected chi connectivity index (χ1v) is 7.63. The summed E-state index contributed by atoms with van der Waals surface area (Å²) >= 11 is 0. The molecule has 2 N–H and O–H groups in total. The number of carbonyl (C=O) groups is 1. The van der Waals surface area contributed by atoms with E-state index in [0.717, 1.165) is 38.8 Å². The molecular formula is C15H30N2O2. The van der Waals surface area contributed by atoms with Gasteiger partial charge in [-0.25, -0.2) is 0 Å². The molecule has 1 aliphatic carbocycles. The van der Waals surface area contributed by atoms with Crippen molar-refractivity contribution in [2.75, 3.05) is 20.1 Å². The van der Waals surface area contributed by atoms with Crippen molar-refractivity contribution in [2.24, 2.45) is 5.92 Å². The minimum Gasteiger partial charge on any atom is -0.480 e. The molecule has 3 unspecified atom stereocenters. The Morgan fingerprint density at radius 3 is 2.74 bits per heavy atom. The van der Waals surface area contributed by atoms with E-state index >= 15 is 0 Å². The summed E-state index contributed by atoms with van der Waals surface area (Å²) in [5.41, 5.74) is -0.690. The van der Waals surface area contributed by atoms with Gasteiger partial charge in [0, 0.05) is 12.6 Å². The number of hydrogen-bond donors (Lipinski definition) is 2. The topological polar surface area (TPSA) is 52.6 Å². The fourth-order valence-corrected chi connectivity index (χ4v) is 2.96. The minimum absolute atomic E-state index is 0.398. The van der Waals surface area contributed by atoms with Crippen molar-refractivity contribution in [3.8, 4) is 0 Å². The maximum Gasteiger partial charge on any atom is 0.323 e. The molecule has 0 aromatic rings. The molecule has 19 heavy (non-hydrogen) atoms. The molecule has 0 aromatic heterocycles. The Balaban J connectivity index is 2.60. The number of nitrogens with one attached hydrogen (secondary N) is 1. The fraction of sp³-hybridized carbons (Fsp3) is 0.933. The van der Waals surface area contributed by atoms with E-state index in [-0.39, 0.29) is 0 Å². The summed E-state index contributed by atoms with van der Waals surface area (Å²) in [6.45, 7) is 8.38. The molecule has 0 bridgehead atoms. The Bertz CT molecular complexity index is 296. The summed E-state index contributed by atoms with van der Waals surface area (Å²) in [5, 5.41) is 12.8. The van der Waals surface area contributed by atoms with Crippen LogP contribution < -0.4 is 5.32 Å². The second-order valence-electron chi connectivity index (χ2n) is 6.16. The van der Waals surface area contributed by atoms with Crippen LogP contribution in [-0.4, -0.2) is 47.7 Å². The summed E-state index contributed by atoms with van der Waals surface area (Å²) in [4.78, 5) is 13.9. The summed E-state index contributed by atoms with van der Waals surface area (Å²) in [6, 6.07) is 0.398. The minimum atomic E-state index is -0.690. The van der Waals surface area contributed by atoms with E-state index in [9.17, 15) is 9.90 Å². The summed E-state index contributed by atoms with van der Waals surface area (Å²) < 4.78 is 0. The molecule has 0 saturated heterocycles. The zero-order valence-electron chi connectivity index (χ0n) is 12.9. The molecule has 1 saturated carbocycles. The van der Waals surface area contributed by atoms with E-state index in [4.69, 9.17) is 0 Å². The van der Waals surface area contributed by atoms with E-state index < -0.39 is 11.5 Å². The van der Waals surface area contributed by atoms with Crippen molar-refractivity contribution < 1.29 is 9.90 Å². The lowest BCUT2D eigenvalue weighted by Crippen LogP contribution is -2.51. The second kappa shape index (κ2) is 7.25. The molecule has 0 spiro atoms. The SMILES string of the molecule is CCCNC1(C(=O)O)CCC(N(C)CC(C)CC)C1. The van der Waals surface area contributed by atoms with Gasteiger partial charge in [0.15, 0.2) is 0 Å². The number of rotatable bonds is 8. The third kappa shape index (κ3) is 4.18. The molecule has 0 radical (unpaired) electrons. The molecule has 0 aromatic carbocycles.